The third-order valence-electron chi connectivity index (χ3n) is 4.29. The second kappa shape index (κ2) is 9.88. The molecule has 1 atom stereocenters. The molecule has 2 aromatic carbocycles. The van der Waals surface area contributed by atoms with Crippen LogP contribution in [0.4, 0.5) is 5.69 Å². The number of nitrogens with one attached hydrogen (secondary N) is 2. The first-order valence-corrected chi connectivity index (χ1v) is 10.5. The fourth-order valence-electron chi connectivity index (χ4n) is 2.68. The molecular formula is C21H25N3O4S. The molecule has 2 amide bonds. The van der Waals surface area contributed by atoms with Crippen molar-refractivity contribution in [2.45, 2.75) is 10.1 Å². The molecule has 8 heteroatoms. The minimum Gasteiger partial charge on any atom is -0.378 e. The fourth-order valence-corrected chi connectivity index (χ4v) is 4.36. The first-order valence-electron chi connectivity index (χ1n) is 9.00. The Hall–Kier alpha value is -3.13. The number of benzene rings is 2. The number of amides is 2. The summed E-state index contributed by atoms with van der Waals surface area (Å²) in [4.78, 5) is 25.8. The Morgan fingerprint density at radius 2 is 1.59 bits per heavy atom. The van der Waals surface area contributed by atoms with Crippen molar-refractivity contribution in [1.29, 1.82) is 0 Å². The number of sulfone groups is 1. The van der Waals surface area contributed by atoms with Gasteiger partial charge >= 0.3 is 11.8 Å². The van der Waals surface area contributed by atoms with Gasteiger partial charge < -0.3 is 15.5 Å². The fraction of sp³-hybridized carbons (Fsp3) is 0.238. The lowest BCUT2D eigenvalue weighted by Gasteiger charge is -2.20. The van der Waals surface area contributed by atoms with Crippen LogP contribution in [0, 0.1) is 0 Å². The molecule has 2 aromatic rings. The van der Waals surface area contributed by atoms with E-state index in [-0.39, 0.29) is 18.0 Å². The smallest absolute Gasteiger partial charge is 0.309 e. The van der Waals surface area contributed by atoms with Crippen molar-refractivity contribution < 1.29 is 18.0 Å². The van der Waals surface area contributed by atoms with E-state index in [9.17, 15) is 18.0 Å². The molecule has 0 unspecified atom stereocenters. The van der Waals surface area contributed by atoms with Crippen LogP contribution in [-0.2, 0) is 19.4 Å². The largest absolute Gasteiger partial charge is 0.378 e. The summed E-state index contributed by atoms with van der Waals surface area (Å²) in [6, 6.07) is 15.1. The van der Waals surface area contributed by atoms with Crippen LogP contribution in [0.1, 0.15) is 10.8 Å². The van der Waals surface area contributed by atoms with Crippen molar-refractivity contribution in [2.75, 3.05) is 32.1 Å². The molecule has 0 heterocycles. The molecule has 0 saturated heterocycles. The molecule has 0 fully saturated rings. The van der Waals surface area contributed by atoms with E-state index in [2.05, 4.69) is 17.2 Å². The molecule has 0 aromatic heterocycles. The third-order valence-corrected chi connectivity index (χ3v) is 6.41. The van der Waals surface area contributed by atoms with Gasteiger partial charge in [0.2, 0.25) is 0 Å². The highest BCUT2D eigenvalue weighted by Crippen LogP contribution is 2.29. The van der Waals surface area contributed by atoms with Crippen molar-refractivity contribution in [3.8, 4) is 0 Å². The van der Waals surface area contributed by atoms with E-state index in [4.69, 9.17) is 0 Å². The molecule has 29 heavy (non-hydrogen) atoms. The summed E-state index contributed by atoms with van der Waals surface area (Å²) in [5, 5.41) is 3.75. The highest BCUT2D eigenvalue weighted by Gasteiger charge is 2.30. The molecule has 2 N–H and O–H groups in total. The minimum atomic E-state index is -3.80. The average Bonchev–Trinajstić information content (AvgIpc) is 2.72. The summed E-state index contributed by atoms with van der Waals surface area (Å²) >= 11 is 0. The molecule has 0 bridgehead atoms. The topological polar surface area (TPSA) is 95.6 Å². The third kappa shape index (κ3) is 5.68. The van der Waals surface area contributed by atoms with E-state index in [1.54, 1.807) is 30.3 Å². The number of anilines is 1. The van der Waals surface area contributed by atoms with Gasteiger partial charge in [0.05, 0.1) is 4.90 Å². The maximum atomic E-state index is 13.2. The second-order valence-electron chi connectivity index (χ2n) is 6.54. The molecule has 0 aliphatic rings. The summed E-state index contributed by atoms with van der Waals surface area (Å²) in [7, 11) is -0.0333. The predicted molar refractivity (Wildman–Crippen MR) is 113 cm³/mol. The number of hydrogen-bond donors (Lipinski definition) is 2. The monoisotopic (exact) mass is 415 g/mol. The lowest BCUT2D eigenvalue weighted by atomic mass is 10.1. The minimum absolute atomic E-state index is 0.143. The lowest BCUT2D eigenvalue weighted by molar-refractivity contribution is -0.139. The second-order valence-corrected chi connectivity index (χ2v) is 8.67. The standard InChI is InChI=1S/C21H25N3O4S/c1-4-14-22-20(25)21(26)23-15-19(16-10-12-17(13-11-16)24(2)3)29(27,28)18-8-6-5-7-9-18/h4-13,19H,1,14-15H2,2-3H3,(H,22,25)(H,23,26)/t19-/m0/s1. The predicted octanol–water partition coefficient (Wildman–Crippen LogP) is 1.69. The highest BCUT2D eigenvalue weighted by atomic mass is 32.2. The van der Waals surface area contributed by atoms with Crippen LogP contribution >= 0.6 is 0 Å². The summed E-state index contributed by atoms with van der Waals surface area (Å²) in [5.74, 6) is -1.74. The highest BCUT2D eigenvalue weighted by molar-refractivity contribution is 7.91. The van der Waals surface area contributed by atoms with Crippen LogP contribution in [0.25, 0.3) is 0 Å². The van der Waals surface area contributed by atoms with Crippen LogP contribution in [0.15, 0.2) is 72.1 Å². The quantitative estimate of drug-likeness (QED) is 0.505. The zero-order valence-electron chi connectivity index (χ0n) is 16.5. The zero-order chi connectivity index (χ0) is 21.4. The molecule has 2 rings (SSSR count). The van der Waals surface area contributed by atoms with Gasteiger partial charge in [-0.05, 0) is 29.8 Å². The van der Waals surface area contributed by atoms with Gasteiger partial charge in [-0.1, -0.05) is 36.4 Å². The van der Waals surface area contributed by atoms with E-state index in [0.29, 0.717) is 5.56 Å². The Kier molecular flexibility index (Phi) is 7.55. The van der Waals surface area contributed by atoms with Gasteiger partial charge in [0, 0.05) is 32.9 Å². The van der Waals surface area contributed by atoms with Crippen molar-refractivity contribution in [3.63, 3.8) is 0 Å². The maximum Gasteiger partial charge on any atom is 0.309 e. The lowest BCUT2D eigenvalue weighted by Crippen LogP contribution is -2.42. The van der Waals surface area contributed by atoms with Gasteiger partial charge in [0.1, 0.15) is 5.25 Å². The van der Waals surface area contributed by atoms with Crippen LogP contribution in [0.2, 0.25) is 0 Å². The van der Waals surface area contributed by atoms with Crippen molar-refractivity contribution in [2.24, 2.45) is 0 Å². The molecule has 7 nitrogen and oxygen atoms in total. The van der Waals surface area contributed by atoms with Crippen molar-refractivity contribution in [1.82, 2.24) is 10.6 Å². The summed E-state index contributed by atoms with van der Waals surface area (Å²) in [6.07, 6.45) is 1.44. The van der Waals surface area contributed by atoms with Gasteiger partial charge in [0.15, 0.2) is 9.84 Å². The Bertz CT molecular complexity index is 955. The van der Waals surface area contributed by atoms with Crippen LogP contribution in [-0.4, -0.2) is 47.4 Å². The SMILES string of the molecule is C=CCNC(=O)C(=O)NC[C@@H](c1ccc(N(C)C)cc1)S(=O)(=O)c1ccccc1. The maximum absolute atomic E-state index is 13.2. The van der Waals surface area contributed by atoms with E-state index in [0.717, 1.165) is 5.69 Å². The van der Waals surface area contributed by atoms with Crippen LogP contribution < -0.4 is 15.5 Å². The number of hydrogen-bond acceptors (Lipinski definition) is 5. The molecule has 154 valence electrons. The first kappa shape index (κ1) is 22.2. The van der Waals surface area contributed by atoms with Crippen molar-refractivity contribution in [3.05, 3.63) is 72.8 Å². The molecule has 0 aliphatic heterocycles. The zero-order valence-corrected chi connectivity index (χ0v) is 17.3. The number of carbonyl (C=O) groups excluding carboxylic acids is 2. The molecule has 0 radical (unpaired) electrons. The van der Waals surface area contributed by atoms with Crippen molar-refractivity contribution >= 4 is 27.3 Å². The van der Waals surface area contributed by atoms with Gasteiger partial charge in [-0.25, -0.2) is 8.42 Å². The van der Waals surface area contributed by atoms with Gasteiger partial charge in [-0.3, -0.25) is 9.59 Å². The molecular weight excluding hydrogens is 390 g/mol. The Balaban J connectivity index is 2.32. The summed E-state index contributed by atoms with van der Waals surface area (Å²) in [5.41, 5.74) is 1.43. The molecule has 0 aliphatic carbocycles. The summed E-state index contributed by atoms with van der Waals surface area (Å²) in [6.45, 7) is 3.37. The van der Waals surface area contributed by atoms with Gasteiger partial charge in [-0.15, -0.1) is 6.58 Å². The van der Waals surface area contributed by atoms with E-state index < -0.39 is 26.9 Å². The van der Waals surface area contributed by atoms with Gasteiger partial charge in [-0.2, -0.15) is 0 Å². The van der Waals surface area contributed by atoms with Crippen LogP contribution in [0.3, 0.4) is 0 Å². The average molecular weight is 416 g/mol. The number of nitrogens with zero attached hydrogens (tertiary/aromatic N) is 1. The molecule has 0 spiro atoms. The summed E-state index contributed by atoms with van der Waals surface area (Å²) < 4.78 is 26.5. The number of rotatable bonds is 8. The molecule has 0 saturated carbocycles. The van der Waals surface area contributed by atoms with E-state index in [1.165, 1.54) is 18.2 Å². The van der Waals surface area contributed by atoms with Gasteiger partial charge in [0.25, 0.3) is 0 Å². The Morgan fingerprint density at radius 3 is 2.14 bits per heavy atom. The Morgan fingerprint density at radius 1 is 1.00 bits per heavy atom. The van der Waals surface area contributed by atoms with E-state index >= 15 is 0 Å². The van der Waals surface area contributed by atoms with E-state index in [1.807, 2.05) is 31.1 Å². The Labute approximate surface area is 171 Å². The normalized spacial score (nSPS) is 11.9. The number of carbonyl (C=O) groups is 2. The van der Waals surface area contributed by atoms with Crippen LogP contribution in [0.5, 0.6) is 0 Å². The first-order chi connectivity index (χ1) is 13.8.